The summed E-state index contributed by atoms with van der Waals surface area (Å²) in [6, 6.07) is 9.77. The number of benzene rings is 1. The molecule has 1 aliphatic heterocycles. The van der Waals surface area contributed by atoms with E-state index in [0.717, 1.165) is 11.6 Å². The number of hydrogen-bond acceptors (Lipinski definition) is 3. The Kier molecular flexibility index (Phi) is 2.72. The fraction of sp³-hybridized carbons (Fsp3) is 0.250. The number of cyclic esters (lactones) is 1. The zero-order valence-electron chi connectivity index (χ0n) is 8.22. The molecular weight excluding hydrogens is 192 g/mol. The molecule has 0 amide bonds. The molecule has 0 aliphatic carbocycles. The van der Waals surface area contributed by atoms with Crippen molar-refractivity contribution in [3.8, 4) is 0 Å². The van der Waals surface area contributed by atoms with Gasteiger partial charge in [0, 0.05) is 12.8 Å². The molecule has 0 saturated carbocycles. The van der Waals surface area contributed by atoms with Gasteiger partial charge in [-0.05, 0) is 5.56 Å². The van der Waals surface area contributed by atoms with E-state index in [9.17, 15) is 9.90 Å². The van der Waals surface area contributed by atoms with Crippen molar-refractivity contribution in [1.29, 1.82) is 0 Å². The highest BCUT2D eigenvalue weighted by Crippen LogP contribution is 2.17. The first kappa shape index (κ1) is 9.77. The summed E-state index contributed by atoms with van der Waals surface area (Å²) in [4.78, 5) is 11.0. The van der Waals surface area contributed by atoms with Crippen LogP contribution in [0.15, 0.2) is 42.2 Å². The Hall–Kier alpha value is -1.77. The third kappa shape index (κ3) is 2.59. The lowest BCUT2D eigenvalue weighted by Crippen LogP contribution is -2.24. The molecule has 1 aromatic carbocycles. The van der Waals surface area contributed by atoms with E-state index in [-0.39, 0.29) is 11.9 Å². The maximum atomic E-state index is 11.0. The third-order valence-electron chi connectivity index (χ3n) is 2.31. The first-order valence-electron chi connectivity index (χ1n) is 4.88. The van der Waals surface area contributed by atoms with Crippen LogP contribution in [0.4, 0.5) is 0 Å². The smallest absolute Gasteiger partial charge is 0.334 e. The summed E-state index contributed by atoms with van der Waals surface area (Å²) < 4.78 is 5.09. The lowest BCUT2D eigenvalue weighted by atomic mass is 10.0. The third-order valence-corrected chi connectivity index (χ3v) is 2.31. The average Bonchev–Trinajstić information content (AvgIpc) is 2.17. The number of rotatable bonds is 2. The molecule has 1 unspecified atom stereocenters. The summed E-state index contributed by atoms with van der Waals surface area (Å²) in [5.41, 5.74) is 1.10. The second kappa shape index (κ2) is 4.17. The van der Waals surface area contributed by atoms with E-state index in [2.05, 4.69) is 0 Å². The molecule has 1 aliphatic rings. The Morgan fingerprint density at radius 3 is 2.73 bits per heavy atom. The number of hydrogen-bond donors (Lipinski definition) is 1. The van der Waals surface area contributed by atoms with Gasteiger partial charge in [-0.2, -0.15) is 0 Å². The largest absolute Gasteiger partial charge is 0.512 e. The molecule has 1 N–H and O–H groups in total. The van der Waals surface area contributed by atoms with Crippen LogP contribution in [0.1, 0.15) is 12.0 Å². The normalized spacial score (nSPS) is 20.7. The van der Waals surface area contributed by atoms with E-state index in [4.69, 9.17) is 4.74 Å². The molecule has 3 nitrogen and oxygen atoms in total. The minimum Gasteiger partial charge on any atom is -0.512 e. The SMILES string of the molecule is O=C1C=C(O)CC(Cc2ccccc2)O1. The van der Waals surface area contributed by atoms with Crippen molar-refractivity contribution in [2.75, 3.05) is 0 Å². The van der Waals surface area contributed by atoms with Crippen molar-refractivity contribution in [3.05, 3.63) is 47.7 Å². The molecule has 0 radical (unpaired) electrons. The summed E-state index contributed by atoms with van der Waals surface area (Å²) in [5, 5.41) is 9.29. The van der Waals surface area contributed by atoms with E-state index in [1.807, 2.05) is 30.3 Å². The van der Waals surface area contributed by atoms with Crippen molar-refractivity contribution < 1.29 is 14.6 Å². The molecule has 0 aromatic heterocycles. The molecule has 1 atom stereocenters. The van der Waals surface area contributed by atoms with Crippen LogP contribution in [0.2, 0.25) is 0 Å². The quantitative estimate of drug-likeness (QED) is 0.749. The van der Waals surface area contributed by atoms with Crippen LogP contribution in [-0.4, -0.2) is 17.2 Å². The Balaban J connectivity index is 2.02. The van der Waals surface area contributed by atoms with Crippen LogP contribution in [0.25, 0.3) is 0 Å². The Morgan fingerprint density at radius 1 is 1.33 bits per heavy atom. The highest BCUT2D eigenvalue weighted by Gasteiger charge is 2.21. The first-order chi connectivity index (χ1) is 7.24. The Morgan fingerprint density at radius 2 is 2.07 bits per heavy atom. The molecule has 2 rings (SSSR count). The van der Waals surface area contributed by atoms with E-state index in [1.54, 1.807) is 0 Å². The minimum atomic E-state index is -0.459. The average molecular weight is 204 g/mol. The maximum absolute atomic E-state index is 11.0. The summed E-state index contributed by atoms with van der Waals surface area (Å²) in [6.07, 6.45) is 1.93. The van der Waals surface area contributed by atoms with Gasteiger partial charge in [0.05, 0.1) is 6.08 Å². The predicted molar refractivity (Wildman–Crippen MR) is 55.4 cm³/mol. The molecule has 1 heterocycles. The summed E-state index contributed by atoms with van der Waals surface area (Å²) in [6.45, 7) is 0. The van der Waals surface area contributed by atoms with Gasteiger partial charge in [-0.25, -0.2) is 4.79 Å². The molecular formula is C12H12O3. The summed E-state index contributed by atoms with van der Waals surface area (Å²) >= 11 is 0. The van der Waals surface area contributed by atoms with Gasteiger partial charge in [0.25, 0.3) is 0 Å². The Bertz CT molecular complexity index is 381. The van der Waals surface area contributed by atoms with Crippen LogP contribution in [0, 0.1) is 0 Å². The summed E-state index contributed by atoms with van der Waals surface area (Å²) in [5.74, 6) is -0.355. The molecule has 78 valence electrons. The number of carbonyl (C=O) groups is 1. The second-order valence-electron chi connectivity index (χ2n) is 3.59. The van der Waals surface area contributed by atoms with Crippen molar-refractivity contribution in [2.24, 2.45) is 0 Å². The zero-order chi connectivity index (χ0) is 10.7. The van der Waals surface area contributed by atoms with Crippen molar-refractivity contribution in [1.82, 2.24) is 0 Å². The topological polar surface area (TPSA) is 46.5 Å². The molecule has 0 saturated heterocycles. The van der Waals surface area contributed by atoms with E-state index < -0.39 is 5.97 Å². The second-order valence-corrected chi connectivity index (χ2v) is 3.59. The zero-order valence-corrected chi connectivity index (χ0v) is 8.22. The molecule has 3 heteroatoms. The van der Waals surface area contributed by atoms with Crippen molar-refractivity contribution >= 4 is 5.97 Å². The van der Waals surface area contributed by atoms with Gasteiger partial charge in [0.15, 0.2) is 0 Å². The Labute approximate surface area is 88.0 Å². The van der Waals surface area contributed by atoms with Crippen LogP contribution in [0.3, 0.4) is 0 Å². The number of carbonyl (C=O) groups excluding carboxylic acids is 1. The highest BCUT2D eigenvalue weighted by atomic mass is 16.5. The predicted octanol–water partition coefficient (Wildman–Crippen LogP) is 1.99. The fourth-order valence-electron chi connectivity index (χ4n) is 1.66. The summed E-state index contributed by atoms with van der Waals surface area (Å²) in [7, 11) is 0. The first-order valence-corrected chi connectivity index (χ1v) is 4.88. The number of esters is 1. The molecule has 15 heavy (non-hydrogen) atoms. The maximum Gasteiger partial charge on any atom is 0.334 e. The van der Waals surface area contributed by atoms with E-state index in [0.29, 0.717) is 12.8 Å². The number of aliphatic hydroxyl groups is 1. The van der Waals surface area contributed by atoms with E-state index in [1.165, 1.54) is 0 Å². The lowest BCUT2D eigenvalue weighted by molar-refractivity contribution is -0.145. The molecule has 0 spiro atoms. The lowest BCUT2D eigenvalue weighted by Gasteiger charge is -2.20. The monoisotopic (exact) mass is 204 g/mol. The van der Waals surface area contributed by atoms with Gasteiger partial charge in [-0.1, -0.05) is 30.3 Å². The number of aliphatic hydroxyl groups excluding tert-OH is 1. The van der Waals surface area contributed by atoms with Crippen LogP contribution >= 0.6 is 0 Å². The van der Waals surface area contributed by atoms with Crippen LogP contribution in [0.5, 0.6) is 0 Å². The van der Waals surface area contributed by atoms with Crippen LogP contribution < -0.4 is 0 Å². The van der Waals surface area contributed by atoms with Crippen LogP contribution in [-0.2, 0) is 16.0 Å². The van der Waals surface area contributed by atoms with Crippen molar-refractivity contribution in [2.45, 2.75) is 18.9 Å². The fourth-order valence-corrected chi connectivity index (χ4v) is 1.66. The molecule has 0 fully saturated rings. The van der Waals surface area contributed by atoms with Gasteiger partial charge in [0.1, 0.15) is 11.9 Å². The highest BCUT2D eigenvalue weighted by molar-refractivity contribution is 5.83. The standard InChI is InChI=1S/C12H12O3/c13-10-7-11(15-12(14)8-10)6-9-4-2-1-3-5-9/h1-5,8,11,13H,6-7H2. The number of ether oxygens (including phenoxy) is 1. The van der Waals surface area contributed by atoms with Gasteiger partial charge in [-0.3, -0.25) is 0 Å². The van der Waals surface area contributed by atoms with Gasteiger partial charge >= 0.3 is 5.97 Å². The minimum absolute atomic E-state index is 0.104. The van der Waals surface area contributed by atoms with Gasteiger partial charge in [-0.15, -0.1) is 0 Å². The van der Waals surface area contributed by atoms with E-state index >= 15 is 0 Å². The molecule has 1 aromatic rings. The van der Waals surface area contributed by atoms with Gasteiger partial charge < -0.3 is 9.84 Å². The van der Waals surface area contributed by atoms with Gasteiger partial charge in [0.2, 0.25) is 0 Å². The molecule has 0 bridgehead atoms. The van der Waals surface area contributed by atoms with Crippen molar-refractivity contribution in [3.63, 3.8) is 0 Å².